The summed E-state index contributed by atoms with van der Waals surface area (Å²) < 4.78 is 0. The summed E-state index contributed by atoms with van der Waals surface area (Å²) in [6.07, 6.45) is 17.2. The third-order valence-electron chi connectivity index (χ3n) is 6.94. The molecule has 0 radical (unpaired) electrons. The van der Waals surface area contributed by atoms with Gasteiger partial charge in [-0.3, -0.25) is 9.59 Å². The molecule has 0 spiro atoms. The predicted molar refractivity (Wildman–Crippen MR) is 160 cm³/mol. The number of likely N-dealkylation sites (N-methyl/N-ethyl adjacent to an activating group) is 1. The Morgan fingerprint density at radius 1 is 1.22 bits per heavy atom. The molecule has 4 amide bonds. The number of rotatable bonds is 10. The minimum absolute atomic E-state index is 0.0651. The zero-order valence-corrected chi connectivity index (χ0v) is 23.9. The van der Waals surface area contributed by atoms with Crippen LogP contribution in [-0.4, -0.2) is 88.7 Å². The topological polar surface area (TPSA) is 96.4 Å². The number of thiophene rings is 1. The van der Waals surface area contributed by atoms with Crippen LogP contribution in [0.2, 0.25) is 0 Å². The molecule has 2 N–H and O–H groups in total. The Morgan fingerprint density at radius 3 is 2.76 bits per heavy atom. The molecule has 0 saturated carbocycles. The number of hydrogen-bond acceptors (Lipinski definition) is 6. The Morgan fingerprint density at radius 2 is 2.02 bits per heavy atom. The van der Waals surface area contributed by atoms with E-state index in [9.17, 15) is 19.5 Å². The number of benzene rings is 1. The van der Waals surface area contributed by atoms with E-state index in [4.69, 9.17) is 6.42 Å². The van der Waals surface area contributed by atoms with Crippen LogP contribution in [0.3, 0.4) is 0 Å². The van der Waals surface area contributed by atoms with Crippen molar-refractivity contribution < 1.29 is 19.5 Å². The molecular weight excluding hydrogens is 538 g/mol. The number of aromatic hydroxyl groups is 1. The molecule has 0 bridgehead atoms. The largest absolute Gasteiger partial charge is 0.508 e. The number of phenolic OH excluding ortho intramolecular Hbond substituents is 1. The van der Waals surface area contributed by atoms with Gasteiger partial charge in [-0.05, 0) is 47.6 Å². The molecule has 2 aromatic rings. The van der Waals surface area contributed by atoms with Crippen LogP contribution >= 0.6 is 11.3 Å². The second-order valence-electron chi connectivity index (χ2n) is 9.87. The zero-order chi connectivity index (χ0) is 29.2. The molecule has 4 rings (SSSR count). The lowest BCUT2D eigenvalue weighted by Crippen LogP contribution is -2.66. The van der Waals surface area contributed by atoms with Gasteiger partial charge in [0.2, 0.25) is 11.8 Å². The maximum atomic E-state index is 13.9. The molecule has 9 nitrogen and oxygen atoms in total. The first kappa shape index (κ1) is 29.6. The van der Waals surface area contributed by atoms with Crippen molar-refractivity contribution in [3.63, 3.8) is 0 Å². The van der Waals surface area contributed by atoms with Crippen molar-refractivity contribution in [1.29, 1.82) is 0 Å². The van der Waals surface area contributed by atoms with Crippen molar-refractivity contribution in [3.05, 3.63) is 88.2 Å². The van der Waals surface area contributed by atoms with Gasteiger partial charge in [-0.25, -0.2) is 9.80 Å². The summed E-state index contributed by atoms with van der Waals surface area (Å²) >= 11 is 1.63. The Labute approximate surface area is 245 Å². The van der Waals surface area contributed by atoms with Gasteiger partial charge < -0.3 is 20.2 Å². The summed E-state index contributed by atoms with van der Waals surface area (Å²) in [7, 11) is 1.73. The standard InChI is InChI=1S/C31H35N5O4S/c1-3-17-34-22-29(38)35(23-36(34)31(40)32-21-25-9-6-4-5-7-10-25)28(20-24-12-14-26(37)15-13-24)30(39)33(2)18-16-27-11-8-19-41-27/h1,4,6-15,19,28,37H,5,16-18,20-23H2,2H3,(H,32,40). The summed E-state index contributed by atoms with van der Waals surface area (Å²) in [4.78, 5) is 45.0. The van der Waals surface area contributed by atoms with Crippen LogP contribution in [0, 0.1) is 12.3 Å². The highest BCUT2D eigenvalue weighted by Crippen LogP contribution is 2.20. The number of carbonyl (C=O) groups is 3. The minimum Gasteiger partial charge on any atom is -0.508 e. The molecule has 2 heterocycles. The van der Waals surface area contributed by atoms with E-state index in [0.717, 1.165) is 22.4 Å². The van der Waals surface area contributed by atoms with Crippen LogP contribution in [0.5, 0.6) is 5.75 Å². The van der Waals surface area contributed by atoms with Gasteiger partial charge in [-0.2, -0.15) is 5.01 Å². The molecule has 1 unspecified atom stereocenters. The van der Waals surface area contributed by atoms with Gasteiger partial charge in [0.25, 0.3) is 0 Å². The van der Waals surface area contributed by atoms with E-state index in [1.165, 1.54) is 14.9 Å². The van der Waals surface area contributed by atoms with Crippen molar-refractivity contribution in [2.75, 3.05) is 39.9 Å². The van der Waals surface area contributed by atoms with Crippen molar-refractivity contribution in [1.82, 2.24) is 25.1 Å². The number of amides is 4. The Bertz CT molecular complexity index is 1340. The van der Waals surface area contributed by atoms with E-state index in [0.29, 0.717) is 19.5 Å². The van der Waals surface area contributed by atoms with Crippen molar-refractivity contribution in [3.8, 4) is 18.1 Å². The van der Waals surface area contributed by atoms with E-state index in [2.05, 4.69) is 11.2 Å². The number of nitrogens with one attached hydrogen (secondary N) is 1. The van der Waals surface area contributed by atoms with Gasteiger partial charge in [-0.1, -0.05) is 54.5 Å². The molecule has 214 valence electrons. The maximum absolute atomic E-state index is 13.9. The molecule has 1 fully saturated rings. The van der Waals surface area contributed by atoms with Crippen molar-refractivity contribution >= 4 is 29.2 Å². The first-order valence-electron chi connectivity index (χ1n) is 13.5. The fraction of sp³-hybridized carbons (Fsp3) is 0.323. The third-order valence-corrected chi connectivity index (χ3v) is 7.88. The minimum atomic E-state index is -0.860. The quantitative estimate of drug-likeness (QED) is 0.426. The van der Waals surface area contributed by atoms with E-state index < -0.39 is 12.1 Å². The predicted octanol–water partition coefficient (Wildman–Crippen LogP) is 3.17. The van der Waals surface area contributed by atoms with Gasteiger partial charge in [-0.15, -0.1) is 17.8 Å². The number of hydrazine groups is 1. The molecule has 1 aliphatic heterocycles. The first-order chi connectivity index (χ1) is 19.9. The van der Waals surface area contributed by atoms with Crippen LogP contribution in [0.15, 0.2) is 77.7 Å². The van der Waals surface area contributed by atoms with E-state index >= 15 is 0 Å². The van der Waals surface area contributed by atoms with Crippen LogP contribution in [0.25, 0.3) is 0 Å². The Kier molecular flexibility index (Phi) is 10.4. The summed E-state index contributed by atoms with van der Waals surface area (Å²) in [5.41, 5.74) is 1.72. The van der Waals surface area contributed by atoms with Gasteiger partial charge in [0, 0.05) is 31.4 Å². The van der Waals surface area contributed by atoms with Gasteiger partial charge in [0.15, 0.2) is 0 Å². The number of terminal acetylenes is 1. The van der Waals surface area contributed by atoms with E-state index in [-0.39, 0.29) is 43.7 Å². The van der Waals surface area contributed by atoms with Gasteiger partial charge in [0.1, 0.15) is 18.5 Å². The van der Waals surface area contributed by atoms with Crippen molar-refractivity contribution in [2.45, 2.75) is 25.3 Å². The lowest BCUT2D eigenvalue weighted by molar-refractivity contribution is -0.161. The highest BCUT2D eigenvalue weighted by molar-refractivity contribution is 7.09. The van der Waals surface area contributed by atoms with Crippen LogP contribution in [0.4, 0.5) is 4.79 Å². The summed E-state index contributed by atoms with van der Waals surface area (Å²) in [5, 5.41) is 17.6. The number of phenols is 1. The monoisotopic (exact) mass is 573 g/mol. The second-order valence-corrected chi connectivity index (χ2v) is 10.9. The van der Waals surface area contributed by atoms with Crippen LogP contribution in [-0.2, 0) is 22.4 Å². The van der Waals surface area contributed by atoms with Crippen LogP contribution < -0.4 is 5.32 Å². The number of hydrogen-bond donors (Lipinski definition) is 2. The number of urea groups is 1. The number of carbonyl (C=O) groups excluding carboxylic acids is 3. The lowest BCUT2D eigenvalue weighted by atomic mass is 10.0. The lowest BCUT2D eigenvalue weighted by Gasteiger charge is -2.45. The number of allylic oxidation sites excluding steroid dienone is 4. The maximum Gasteiger partial charge on any atom is 0.333 e. The fourth-order valence-corrected chi connectivity index (χ4v) is 5.35. The fourth-order valence-electron chi connectivity index (χ4n) is 4.65. The van der Waals surface area contributed by atoms with Gasteiger partial charge in [0.05, 0.1) is 13.1 Å². The Balaban J connectivity index is 1.55. The molecule has 1 atom stereocenters. The average Bonchev–Trinajstić information content (AvgIpc) is 3.36. The molecule has 1 aromatic carbocycles. The average molecular weight is 574 g/mol. The molecular formula is C31H35N5O4S. The number of nitrogens with zero attached hydrogens (tertiary/aromatic N) is 4. The second kappa shape index (κ2) is 14.3. The van der Waals surface area contributed by atoms with Gasteiger partial charge >= 0.3 is 6.03 Å². The normalized spacial score (nSPS) is 16.1. The Hall–Kier alpha value is -4.33. The zero-order valence-electron chi connectivity index (χ0n) is 23.1. The van der Waals surface area contributed by atoms with Crippen LogP contribution in [0.1, 0.15) is 16.9 Å². The van der Waals surface area contributed by atoms with E-state index in [1.54, 1.807) is 47.5 Å². The molecule has 10 heteroatoms. The molecule has 2 aliphatic rings. The molecule has 1 aromatic heterocycles. The highest BCUT2D eigenvalue weighted by atomic mass is 32.1. The highest BCUT2D eigenvalue weighted by Gasteiger charge is 2.40. The summed E-state index contributed by atoms with van der Waals surface area (Å²) in [6.45, 7) is 0.582. The van der Waals surface area contributed by atoms with Crippen molar-refractivity contribution in [2.24, 2.45) is 0 Å². The smallest absolute Gasteiger partial charge is 0.333 e. The first-order valence-corrected chi connectivity index (χ1v) is 14.3. The molecule has 1 aliphatic carbocycles. The summed E-state index contributed by atoms with van der Waals surface area (Å²) in [5.74, 6) is 2.11. The third kappa shape index (κ3) is 8.10. The molecule has 41 heavy (non-hydrogen) atoms. The SMILES string of the molecule is C#CCN1CC(=O)N(C(Cc2ccc(O)cc2)C(=O)N(C)CCc2cccs2)CN1C(=O)NCC1=CC=CCC=C1. The summed E-state index contributed by atoms with van der Waals surface area (Å²) in [6, 6.07) is 9.29. The molecule has 1 saturated heterocycles. The van der Waals surface area contributed by atoms with E-state index in [1.807, 2.05) is 47.9 Å².